The molecule has 1 fully saturated rings. The Morgan fingerprint density at radius 3 is 2.16 bits per heavy atom. The molecule has 0 unspecified atom stereocenters. The van der Waals surface area contributed by atoms with Crippen molar-refractivity contribution in [1.29, 1.82) is 0 Å². The number of methoxy groups -OCH3 is 1. The average molecular weight is 263 g/mol. The molecule has 1 heterocycles. The van der Waals surface area contributed by atoms with Gasteiger partial charge in [-0.05, 0) is 36.2 Å². The zero-order valence-corrected chi connectivity index (χ0v) is 12.7. The molecule has 3 heteroatoms. The summed E-state index contributed by atoms with van der Waals surface area (Å²) in [5.41, 5.74) is 0.305. The van der Waals surface area contributed by atoms with Crippen molar-refractivity contribution in [3.05, 3.63) is 24.0 Å². The van der Waals surface area contributed by atoms with Gasteiger partial charge in [-0.1, -0.05) is 27.7 Å². The van der Waals surface area contributed by atoms with Gasteiger partial charge in [-0.15, -0.1) is 0 Å². The van der Waals surface area contributed by atoms with E-state index in [1.165, 1.54) is 0 Å². The van der Waals surface area contributed by atoms with Crippen LogP contribution in [0.5, 0.6) is 5.75 Å². The molecule has 0 aromatic carbocycles. The molecule has 1 N–H and O–H groups in total. The fourth-order valence-electron chi connectivity index (χ4n) is 4.06. The van der Waals surface area contributed by atoms with E-state index in [9.17, 15) is 5.11 Å². The number of ether oxygens (including phenoxy) is 1. The second-order valence-electron chi connectivity index (χ2n) is 7.50. The Morgan fingerprint density at radius 2 is 1.63 bits per heavy atom. The highest BCUT2D eigenvalue weighted by Crippen LogP contribution is 2.53. The van der Waals surface area contributed by atoms with E-state index < -0.39 is 5.60 Å². The third-order valence-corrected chi connectivity index (χ3v) is 3.99. The molecule has 0 aliphatic heterocycles. The Kier molecular flexibility index (Phi) is 3.38. The number of hydrogen-bond donors (Lipinski definition) is 1. The predicted octanol–water partition coefficient (Wildman–Crippen LogP) is 3.51. The summed E-state index contributed by atoms with van der Waals surface area (Å²) < 4.78 is 5.22. The van der Waals surface area contributed by atoms with Crippen molar-refractivity contribution in [1.82, 2.24) is 4.98 Å². The molecule has 0 bridgehead atoms. The van der Waals surface area contributed by atoms with Crippen LogP contribution in [0.1, 0.15) is 52.5 Å². The largest absolute Gasteiger partial charge is 0.495 e. The van der Waals surface area contributed by atoms with Crippen LogP contribution in [0.15, 0.2) is 18.5 Å². The number of rotatable bonds is 2. The first-order chi connectivity index (χ1) is 8.66. The Labute approximate surface area is 116 Å². The van der Waals surface area contributed by atoms with Crippen LogP contribution in [0, 0.1) is 10.8 Å². The average Bonchev–Trinajstić information content (AvgIpc) is 2.24. The molecule has 0 atom stereocenters. The minimum Gasteiger partial charge on any atom is -0.495 e. The van der Waals surface area contributed by atoms with Gasteiger partial charge in [0, 0.05) is 11.8 Å². The Morgan fingerprint density at radius 1 is 1.05 bits per heavy atom. The van der Waals surface area contributed by atoms with Crippen LogP contribution in [0.4, 0.5) is 0 Å². The van der Waals surface area contributed by atoms with Gasteiger partial charge in [-0.25, -0.2) is 0 Å². The lowest BCUT2D eigenvalue weighted by molar-refractivity contribution is -0.0915. The van der Waals surface area contributed by atoms with Crippen molar-refractivity contribution < 1.29 is 9.84 Å². The van der Waals surface area contributed by atoms with Crippen molar-refractivity contribution >= 4 is 0 Å². The Hall–Kier alpha value is -1.09. The molecular formula is C16H25NO2. The number of aliphatic hydroxyl groups is 1. The highest BCUT2D eigenvalue weighted by Gasteiger charge is 2.47. The van der Waals surface area contributed by atoms with Crippen molar-refractivity contribution in [2.45, 2.75) is 52.6 Å². The van der Waals surface area contributed by atoms with Crippen LogP contribution < -0.4 is 4.74 Å². The summed E-state index contributed by atoms with van der Waals surface area (Å²) in [7, 11) is 1.62. The second kappa shape index (κ2) is 4.48. The first kappa shape index (κ1) is 14.3. The van der Waals surface area contributed by atoms with Crippen LogP contribution in [0.2, 0.25) is 0 Å². The van der Waals surface area contributed by atoms with Crippen LogP contribution in [0.25, 0.3) is 0 Å². The summed E-state index contributed by atoms with van der Waals surface area (Å²) in [6.07, 6.45) is 6.09. The fourth-order valence-corrected chi connectivity index (χ4v) is 4.06. The molecule has 2 rings (SSSR count). The zero-order chi connectivity index (χ0) is 14.3. The summed E-state index contributed by atoms with van der Waals surface area (Å²) in [6, 6.07) is 1.91. The van der Waals surface area contributed by atoms with E-state index in [-0.39, 0.29) is 10.8 Å². The Balaban J connectivity index is 2.40. The molecule has 0 spiro atoms. The lowest BCUT2D eigenvalue weighted by Crippen LogP contribution is -2.44. The van der Waals surface area contributed by atoms with Crippen molar-refractivity contribution in [3.63, 3.8) is 0 Å². The van der Waals surface area contributed by atoms with Gasteiger partial charge in [-0.3, -0.25) is 4.98 Å². The van der Waals surface area contributed by atoms with Gasteiger partial charge in [0.1, 0.15) is 5.75 Å². The summed E-state index contributed by atoms with van der Waals surface area (Å²) >= 11 is 0. The van der Waals surface area contributed by atoms with E-state index in [2.05, 4.69) is 32.7 Å². The quantitative estimate of drug-likeness (QED) is 0.887. The van der Waals surface area contributed by atoms with Crippen LogP contribution in [-0.4, -0.2) is 17.2 Å². The maximum Gasteiger partial charge on any atom is 0.137 e. The molecule has 0 radical (unpaired) electrons. The van der Waals surface area contributed by atoms with Crippen molar-refractivity contribution in [3.8, 4) is 5.75 Å². The van der Waals surface area contributed by atoms with Crippen molar-refractivity contribution in [2.24, 2.45) is 10.8 Å². The smallest absolute Gasteiger partial charge is 0.137 e. The van der Waals surface area contributed by atoms with Gasteiger partial charge in [0.05, 0.1) is 18.9 Å². The second-order valence-corrected chi connectivity index (χ2v) is 7.50. The third kappa shape index (κ3) is 3.08. The predicted molar refractivity (Wildman–Crippen MR) is 76.1 cm³/mol. The van der Waals surface area contributed by atoms with Gasteiger partial charge in [0.2, 0.25) is 0 Å². The lowest BCUT2D eigenvalue weighted by atomic mass is 9.58. The highest BCUT2D eigenvalue weighted by atomic mass is 16.5. The van der Waals surface area contributed by atoms with Crippen LogP contribution in [-0.2, 0) is 5.60 Å². The SMILES string of the molecule is COc1cncc(C2(O)CC(C)(C)CC(C)(C)C2)c1. The molecule has 1 aromatic heterocycles. The molecule has 1 aliphatic rings. The van der Waals surface area contributed by atoms with E-state index in [0.29, 0.717) is 5.75 Å². The topological polar surface area (TPSA) is 42.4 Å². The molecule has 19 heavy (non-hydrogen) atoms. The lowest BCUT2D eigenvalue weighted by Gasteiger charge is -2.49. The van der Waals surface area contributed by atoms with E-state index in [4.69, 9.17) is 4.74 Å². The summed E-state index contributed by atoms with van der Waals surface area (Å²) in [6.45, 7) is 8.91. The van der Waals surface area contributed by atoms with Gasteiger partial charge >= 0.3 is 0 Å². The van der Waals surface area contributed by atoms with Gasteiger partial charge in [-0.2, -0.15) is 0 Å². The van der Waals surface area contributed by atoms with Gasteiger partial charge in [0.15, 0.2) is 0 Å². The normalized spacial score (nSPS) is 23.9. The molecule has 3 nitrogen and oxygen atoms in total. The van der Waals surface area contributed by atoms with Gasteiger partial charge in [0.25, 0.3) is 0 Å². The maximum absolute atomic E-state index is 11.1. The minimum absolute atomic E-state index is 0.125. The monoisotopic (exact) mass is 263 g/mol. The summed E-state index contributed by atoms with van der Waals surface area (Å²) in [5, 5.41) is 11.1. The molecule has 0 amide bonds. The first-order valence-electron chi connectivity index (χ1n) is 6.88. The highest BCUT2D eigenvalue weighted by molar-refractivity contribution is 5.29. The summed E-state index contributed by atoms with van der Waals surface area (Å²) in [5.74, 6) is 0.701. The van der Waals surface area contributed by atoms with E-state index in [1.807, 2.05) is 6.07 Å². The molecular weight excluding hydrogens is 238 g/mol. The molecule has 0 saturated heterocycles. The molecule has 106 valence electrons. The standard InChI is InChI=1S/C16H25NO2/c1-14(2)9-15(3,4)11-16(18,10-14)12-6-13(19-5)8-17-7-12/h6-8,18H,9-11H2,1-5H3. The summed E-state index contributed by atoms with van der Waals surface area (Å²) in [4.78, 5) is 4.19. The molecule has 1 aromatic rings. The maximum atomic E-state index is 11.1. The number of nitrogens with zero attached hydrogens (tertiary/aromatic N) is 1. The van der Waals surface area contributed by atoms with Crippen LogP contribution in [0.3, 0.4) is 0 Å². The minimum atomic E-state index is -0.813. The first-order valence-corrected chi connectivity index (χ1v) is 6.88. The third-order valence-electron chi connectivity index (χ3n) is 3.99. The van der Waals surface area contributed by atoms with Gasteiger partial charge < -0.3 is 9.84 Å². The zero-order valence-electron chi connectivity index (χ0n) is 12.7. The molecule has 1 saturated carbocycles. The molecule has 1 aliphatic carbocycles. The number of hydrogen-bond acceptors (Lipinski definition) is 3. The Bertz CT molecular complexity index is 450. The number of aromatic nitrogens is 1. The van der Waals surface area contributed by atoms with E-state index in [0.717, 1.165) is 24.8 Å². The van der Waals surface area contributed by atoms with Crippen LogP contribution >= 0.6 is 0 Å². The van der Waals surface area contributed by atoms with E-state index in [1.54, 1.807) is 19.5 Å². The fraction of sp³-hybridized carbons (Fsp3) is 0.688. The van der Waals surface area contributed by atoms with Crippen molar-refractivity contribution in [2.75, 3.05) is 7.11 Å². The van der Waals surface area contributed by atoms with E-state index >= 15 is 0 Å². The number of pyridine rings is 1.